The second-order valence-corrected chi connectivity index (χ2v) is 5.94. The summed E-state index contributed by atoms with van der Waals surface area (Å²) in [6, 6.07) is 6.47. The molecule has 10 heteroatoms. The smallest absolute Gasteiger partial charge is 0.280 e. The first-order chi connectivity index (χ1) is 11.9. The zero-order chi connectivity index (χ0) is 18.1. The van der Waals surface area contributed by atoms with Crippen molar-refractivity contribution in [2.75, 3.05) is 12.4 Å². The fourth-order valence-corrected chi connectivity index (χ4v) is 3.10. The van der Waals surface area contributed by atoms with E-state index in [1.807, 2.05) is 0 Å². The minimum absolute atomic E-state index is 0.00493. The first-order valence-corrected chi connectivity index (χ1v) is 7.79. The summed E-state index contributed by atoms with van der Waals surface area (Å²) in [4.78, 5) is 35.9. The Kier molecular flexibility index (Phi) is 4.19. The highest BCUT2D eigenvalue weighted by Crippen LogP contribution is 2.22. The first-order valence-electron chi connectivity index (χ1n) is 6.98. The second-order valence-electron chi connectivity index (χ2n) is 4.96. The molecule has 0 radical (unpaired) electrons. The molecule has 0 unspecified atom stereocenters. The number of carboxylic acid groups (broad SMARTS) is 1. The van der Waals surface area contributed by atoms with Crippen LogP contribution < -0.4 is 20.7 Å². The van der Waals surface area contributed by atoms with Crippen LogP contribution >= 0.6 is 11.3 Å². The molecule has 1 amide bonds. The predicted molar refractivity (Wildman–Crippen MR) is 87.1 cm³/mol. The number of aromatic carboxylic acids is 1. The Hall–Kier alpha value is -3.27. The largest absolute Gasteiger partial charge is 0.543 e. The van der Waals surface area contributed by atoms with Gasteiger partial charge >= 0.3 is 0 Å². The van der Waals surface area contributed by atoms with Crippen molar-refractivity contribution in [3.63, 3.8) is 0 Å². The summed E-state index contributed by atoms with van der Waals surface area (Å²) in [6.07, 6.45) is 0. The number of thiazole rings is 1. The van der Waals surface area contributed by atoms with Gasteiger partial charge in [0.15, 0.2) is 0 Å². The number of nitrogens with one attached hydrogen (secondary N) is 1. The van der Waals surface area contributed by atoms with Crippen molar-refractivity contribution in [3.05, 3.63) is 50.9 Å². The molecule has 25 heavy (non-hydrogen) atoms. The Morgan fingerprint density at radius 2 is 1.92 bits per heavy atom. The van der Waals surface area contributed by atoms with Crippen molar-refractivity contribution < 1.29 is 19.4 Å². The summed E-state index contributed by atoms with van der Waals surface area (Å²) in [5.41, 5.74) is -0.764. The molecule has 3 aromatic rings. The van der Waals surface area contributed by atoms with Gasteiger partial charge in [-0.1, -0.05) is 11.3 Å². The lowest BCUT2D eigenvalue weighted by molar-refractivity contribution is -0.255. The molecule has 2 heterocycles. The lowest BCUT2D eigenvalue weighted by atomic mass is 10.3. The number of carbonyl (C=O) groups is 2. The van der Waals surface area contributed by atoms with Crippen molar-refractivity contribution in [3.8, 4) is 5.75 Å². The highest BCUT2D eigenvalue weighted by molar-refractivity contribution is 7.19. The number of ether oxygens (including phenoxy) is 1. The van der Waals surface area contributed by atoms with E-state index in [9.17, 15) is 19.5 Å². The third-order valence-corrected chi connectivity index (χ3v) is 4.40. The SMILES string of the molecule is COc1ccc(NC(=O)c2sc3nnc(C)c(=O)n3c2C(=O)[O-])cc1. The van der Waals surface area contributed by atoms with Gasteiger partial charge in [-0.15, -0.1) is 10.2 Å². The molecule has 2 aromatic heterocycles. The molecule has 0 aliphatic carbocycles. The quantitative estimate of drug-likeness (QED) is 0.699. The number of fused-ring (bicyclic) bond motifs is 1. The van der Waals surface area contributed by atoms with E-state index in [-0.39, 0.29) is 15.5 Å². The van der Waals surface area contributed by atoms with Crippen LogP contribution in [0.15, 0.2) is 29.1 Å². The molecule has 1 aromatic carbocycles. The molecule has 0 spiro atoms. The van der Waals surface area contributed by atoms with Gasteiger partial charge in [0.05, 0.1) is 18.8 Å². The van der Waals surface area contributed by atoms with Crippen LogP contribution in [0.5, 0.6) is 5.75 Å². The van der Waals surface area contributed by atoms with Gasteiger partial charge in [0, 0.05) is 5.69 Å². The van der Waals surface area contributed by atoms with Crippen LogP contribution in [0.2, 0.25) is 0 Å². The number of carboxylic acids is 1. The van der Waals surface area contributed by atoms with Crippen molar-refractivity contribution >= 4 is 33.9 Å². The molecule has 1 N–H and O–H groups in total. The van der Waals surface area contributed by atoms with E-state index in [0.717, 1.165) is 15.7 Å². The fraction of sp³-hybridized carbons (Fsp3) is 0.133. The third kappa shape index (κ3) is 2.94. The van der Waals surface area contributed by atoms with Crippen molar-refractivity contribution in [2.24, 2.45) is 0 Å². The molecule has 9 nitrogen and oxygen atoms in total. The maximum atomic E-state index is 12.5. The molecule has 3 rings (SSSR count). The van der Waals surface area contributed by atoms with Gasteiger partial charge in [0.1, 0.15) is 16.3 Å². The molecule has 0 aliphatic heterocycles. The molecular weight excluding hydrogens is 348 g/mol. The van der Waals surface area contributed by atoms with E-state index in [2.05, 4.69) is 15.5 Å². The van der Waals surface area contributed by atoms with Gasteiger partial charge in [-0.2, -0.15) is 0 Å². The Morgan fingerprint density at radius 1 is 1.24 bits per heavy atom. The molecular formula is C15H11N4O5S-. The standard InChI is InChI=1S/C15H12N4O5S/c1-7-13(21)19-10(14(22)23)11(25-15(19)18-17-7)12(20)16-8-3-5-9(24-2)6-4-8/h3-6H,1-2H3,(H,16,20)(H,22,23)/p-1. The number of aromatic nitrogens is 3. The number of anilines is 1. The minimum atomic E-state index is -1.65. The zero-order valence-electron chi connectivity index (χ0n) is 13.1. The summed E-state index contributed by atoms with van der Waals surface area (Å²) in [5.74, 6) is -1.75. The number of hydrogen-bond acceptors (Lipinski definition) is 8. The normalized spacial score (nSPS) is 10.6. The van der Waals surface area contributed by atoms with Gasteiger partial charge < -0.3 is 20.0 Å². The summed E-state index contributed by atoms with van der Waals surface area (Å²) in [6.45, 7) is 1.40. The van der Waals surface area contributed by atoms with Gasteiger partial charge in [0.2, 0.25) is 4.96 Å². The highest BCUT2D eigenvalue weighted by atomic mass is 32.1. The molecule has 0 atom stereocenters. The Labute approximate surface area is 144 Å². The summed E-state index contributed by atoms with van der Waals surface area (Å²) >= 11 is 0.742. The number of aryl methyl sites for hydroxylation is 1. The van der Waals surface area contributed by atoms with Gasteiger partial charge in [-0.3, -0.25) is 9.59 Å². The number of hydrogen-bond donors (Lipinski definition) is 1. The summed E-state index contributed by atoms with van der Waals surface area (Å²) < 4.78 is 5.85. The van der Waals surface area contributed by atoms with Crippen molar-refractivity contribution in [1.82, 2.24) is 14.6 Å². The van der Waals surface area contributed by atoms with Gasteiger partial charge in [0.25, 0.3) is 11.5 Å². The second kappa shape index (κ2) is 6.32. The number of carbonyl (C=O) groups excluding carboxylic acids is 2. The van der Waals surface area contributed by atoms with Gasteiger partial charge in [-0.05, 0) is 31.2 Å². The lowest BCUT2D eigenvalue weighted by Crippen LogP contribution is -2.31. The van der Waals surface area contributed by atoms with Gasteiger partial charge in [-0.25, -0.2) is 4.40 Å². The van der Waals surface area contributed by atoms with E-state index in [1.54, 1.807) is 24.3 Å². The van der Waals surface area contributed by atoms with Crippen LogP contribution in [0.1, 0.15) is 25.9 Å². The Morgan fingerprint density at radius 3 is 2.52 bits per heavy atom. The van der Waals surface area contributed by atoms with Crippen LogP contribution in [0, 0.1) is 6.92 Å². The summed E-state index contributed by atoms with van der Waals surface area (Å²) in [5, 5.41) is 21.5. The monoisotopic (exact) mass is 359 g/mol. The predicted octanol–water partition coefficient (Wildman–Crippen LogP) is 0.0838. The number of amides is 1. The lowest BCUT2D eigenvalue weighted by Gasteiger charge is -2.08. The van der Waals surface area contributed by atoms with E-state index in [0.29, 0.717) is 11.4 Å². The van der Waals surface area contributed by atoms with Crippen molar-refractivity contribution in [2.45, 2.75) is 6.92 Å². The molecule has 0 bridgehead atoms. The number of benzene rings is 1. The highest BCUT2D eigenvalue weighted by Gasteiger charge is 2.22. The van der Waals surface area contributed by atoms with Crippen LogP contribution in [0.3, 0.4) is 0 Å². The topological polar surface area (TPSA) is 126 Å². The zero-order valence-corrected chi connectivity index (χ0v) is 13.9. The Bertz CT molecular complexity index is 1040. The van der Waals surface area contributed by atoms with E-state index in [4.69, 9.17) is 4.74 Å². The number of rotatable bonds is 4. The average Bonchev–Trinajstić information content (AvgIpc) is 2.99. The molecule has 0 aliphatic rings. The van der Waals surface area contributed by atoms with Crippen LogP contribution in [0.25, 0.3) is 4.96 Å². The molecule has 128 valence electrons. The number of nitrogens with zero attached hydrogens (tertiary/aromatic N) is 3. The minimum Gasteiger partial charge on any atom is -0.543 e. The van der Waals surface area contributed by atoms with Crippen LogP contribution in [0.4, 0.5) is 5.69 Å². The average molecular weight is 359 g/mol. The van der Waals surface area contributed by atoms with Crippen LogP contribution in [-0.2, 0) is 0 Å². The fourth-order valence-electron chi connectivity index (χ4n) is 2.16. The summed E-state index contributed by atoms with van der Waals surface area (Å²) in [7, 11) is 1.51. The molecule has 0 saturated heterocycles. The molecule has 0 fully saturated rings. The van der Waals surface area contributed by atoms with E-state index >= 15 is 0 Å². The van der Waals surface area contributed by atoms with Crippen LogP contribution in [-0.4, -0.2) is 33.6 Å². The maximum Gasteiger partial charge on any atom is 0.280 e. The Balaban J connectivity index is 2.06. The van der Waals surface area contributed by atoms with E-state index < -0.39 is 23.1 Å². The first kappa shape index (κ1) is 16.6. The maximum absolute atomic E-state index is 12.5. The molecule has 0 saturated carbocycles. The van der Waals surface area contributed by atoms with Crippen molar-refractivity contribution in [1.29, 1.82) is 0 Å². The third-order valence-electron chi connectivity index (χ3n) is 3.37. The number of methoxy groups -OCH3 is 1. The van der Waals surface area contributed by atoms with E-state index in [1.165, 1.54) is 14.0 Å².